The third kappa shape index (κ3) is 4.61. The summed E-state index contributed by atoms with van der Waals surface area (Å²) < 4.78 is 0.803. The van der Waals surface area contributed by atoms with Gasteiger partial charge in [0.25, 0.3) is 0 Å². The zero-order valence-corrected chi connectivity index (χ0v) is 12.5. The molecule has 0 aliphatic heterocycles. The average molecular weight is 349 g/mol. The maximum absolute atomic E-state index is 11.7. The van der Waals surface area contributed by atoms with Gasteiger partial charge in [0.1, 0.15) is 11.5 Å². The molecule has 0 saturated heterocycles. The number of phenolic OH excluding ortho intramolecular Hbond substituents is 2. The maximum Gasteiger partial charge on any atom is 0.244 e. The molecule has 0 aliphatic rings. The average Bonchev–Trinajstić information content (AvgIpc) is 2.45. The number of carbonyl (C=O) groups excluding carboxylic acids is 1. The molecule has 0 bridgehead atoms. The van der Waals surface area contributed by atoms with Crippen LogP contribution < -0.4 is 5.43 Å². The molecule has 3 N–H and O–H groups in total. The van der Waals surface area contributed by atoms with Gasteiger partial charge in [0.05, 0.1) is 12.6 Å². The number of aromatic hydroxyl groups is 2. The molecule has 0 unspecified atom stereocenters. The van der Waals surface area contributed by atoms with Gasteiger partial charge in [0, 0.05) is 10.0 Å². The Labute approximate surface area is 130 Å². The summed E-state index contributed by atoms with van der Waals surface area (Å²) in [5.41, 5.74) is 3.65. The van der Waals surface area contributed by atoms with Gasteiger partial charge in [-0.15, -0.1) is 0 Å². The van der Waals surface area contributed by atoms with E-state index in [0.29, 0.717) is 5.56 Å². The van der Waals surface area contributed by atoms with Gasteiger partial charge in [-0.1, -0.05) is 28.1 Å². The minimum absolute atomic E-state index is 0.0785. The van der Waals surface area contributed by atoms with E-state index in [2.05, 4.69) is 26.5 Å². The standard InChI is InChI=1S/C15H13BrN2O3/c16-12-3-6-14(20)11(8-12)9-17-18-15(21)7-10-1-4-13(19)5-2-10/h1-6,8-9,19-20H,7H2,(H,18,21)/b17-9-. The number of benzene rings is 2. The Morgan fingerprint density at radius 1 is 1.19 bits per heavy atom. The number of halogens is 1. The lowest BCUT2D eigenvalue weighted by molar-refractivity contribution is -0.120. The highest BCUT2D eigenvalue weighted by Crippen LogP contribution is 2.19. The minimum Gasteiger partial charge on any atom is -0.508 e. The van der Waals surface area contributed by atoms with Gasteiger partial charge in [0.15, 0.2) is 0 Å². The number of nitrogens with one attached hydrogen (secondary N) is 1. The Balaban J connectivity index is 1.93. The molecule has 0 heterocycles. The van der Waals surface area contributed by atoms with Gasteiger partial charge in [-0.3, -0.25) is 4.79 Å². The van der Waals surface area contributed by atoms with Crippen LogP contribution in [0.2, 0.25) is 0 Å². The first kappa shape index (κ1) is 15.1. The van der Waals surface area contributed by atoms with Crippen molar-refractivity contribution in [3.8, 4) is 11.5 Å². The second-order valence-corrected chi connectivity index (χ2v) is 5.26. The van der Waals surface area contributed by atoms with Crippen molar-refractivity contribution in [2.24, 2.45) is 5.10 Å². The molecule has 0 aliphatic carbocycles. The molecule has 2 aromatic carbocycles. The predicted molar refractivity (Wildman–Crippen MR) is 83.4 cm³/mol. The lowest BCUT2D eigenvalue weighted by Crippen LogP contribution is -2.19. The summed E-state index contributed by atoms with van der Waals surface area (Å²) >= 11 is 3.29. The van der Waals surface area contributed by atoms with E-state index in [9.17, 15) is 9.90 Å². The summed E-state index contributed by atoms with van der Waals surface area (Å²) in [6, 6.07) is 11.3. The molecule has 0 fully saturated rings. The van der Waals surface area contributed by atoms with Gasteiger partial charge in [0.2, 0.25) is 5.91 Å². The van der Waals surface area contributed by atoms with Crippen molar-refractivity contribution in [3.63, 3.8) is 0 Å². The summed E-state index contributed by atoms with van der Waals surface area (Å²) in [6.45, 7) is 0. The van der Waals surface area contributed by atoms with Gasteiger partial charge in [-0.05, 0) is 35.9 Å². The Morgan fingerprint density at radius 2 is 1.90 bits per heavy atom. The van der Waals surface area contributed by atoms with Crippen LogP contribution in [0.5, 0.6) is 11.5 Å². The topological polar surface area (TPSA) is 81.9 Å². The van der Waals surface area contributed by atoms with Gasteiger partial charge in [-0.25, -0.2) is 5.43 Å². The third-order valence-electron chi connectivity index (χ3n) is 2.68. The molecule has 0 spiro atoms. The summed E-state index contributed by atoms with van der Waals surface area (Å²) in [5, 5.41) is 22.6. The highest BCUT2D eigenvalue weighted by Gasteiger charge is 2.03. The zero-order valence-electron chi connectivity index (χ0n) is 11.0. The van der Waals surface area contributed by atoms with Crippen molar-refractivity contribution in [1.82, 2.24) is 5.43 Å². The molecule has 0 atom stereocenters. The van der Waals surface area contributed by atoms with E-state index in [1.54, 1.807) is 24.3 Å². The Bertz CT molecular complexity index is 669. The van der Waals surface area contributed by atoms with E-state index >= 15 is 0 Å². The smallest absolute Gasteiger partial charge is 0.244 e. The SMILES string of the molecule is O=C(Cc1ccc(O)cc1)N/N=C\c1cc(Br)ccc1O. The number of phenols is 2. The van der Waals surface area contributed by atoms with Crippen LogP contribution in [0.25, 0.3) is 0 Å². The predicted octanol–water partition coefficient (Wildman–Crippen LogP) is 2.55. The molecular formula is C15H13BrN2O3. The molecule has 108 valence electrons. The van der Waals surface area contributed by atoms with E-state index in [1.807, 2.05) is 0 Å². The number of carbonyl (C=O) groups is 1. The summed E-state index contributed by atoms with van der Waals surface area (Å²) in [7, 11) is 0. The fourth-order valence-corrected chi connectivity index (χ4v) is 2.02. The van der Waals surface area contributed by atoms with Crippen LogP contribution in [0.4, 0.5) is 0 Å². The van der Waals surface area contributed by atoms with Gasteiger partial charge in [-0.2, -0.15) is 5.10 Å². The Hall–Kier alpha value is -2.34. The molecule has 0 aromatic heterocycles. The molecule has 2 rings (SSSR count). The van der Waals surface area contributed by atoms with Crippen molar-refractivity contribution in [2.75, 3.05) is 0 Å². The van der Waals surface area contributed by atoms with Crippen LogP contribution in [0.3, 0.4) is 0 Å². The van der Waals surface area contributed by atoms with E-state index in [4.69, 9.17) is 5.11 Å². The fraction of sp³-hybridized carbons (Fsp3) is 0.0667. The van der Waals surface area contributed by atoms with Crippen molar-refractivity contribution >= 4 is 28.1 Å². The molecule has 21 heavy (non-hydrogen) atoms. The van der Waals surface area contributed by atoms with Crippen LogP contribution >= 0.6 is 15.9 Å². The zero-order chi connectivity index (χ0) is 15.2. The Morgan fingerprint density at radius 3 is 2.62 bits per heavy atom. The summed E-state index contributed by atoms with van der Waals surface area (Å²) in [6.07, 6.45) is 1.52. The largest absolute Gasteiger partial charge is 0.508 e. The second-order valence-electron chi connectivity index (χ2n) is 4.34. The van der Waals surface area contributed by atoms with Crippen molar-refractivity contribution in [3.05, 3.63) is 58.1 Å². The number of hydrogen-bond acceptors (Lipinski definition) is 4. The molecule has 1 amide bonds. The lowest BCUT2D eigenvalue weighted by atomic mass is 10.1. The molecular weight excluding hydrogens is 336 g/mol. The van der Waals surface area contributed by atoms with Crippen molar-refractivity contribution in [2.45, 2.75) is 6.42 Å². The first-order valence-corrected chi connectivity index (χ1v) is 6.92. The van der Waals surface area contributed by atoms with Crippen LogP contribution in [0.15, 0.2) is 52.0 Å². The van der Waals surface area contributed by atoms with E-state index in [0.717, 1.165) is 10.0 Å². The molecule has 0 saturated carbocycles. The fourth-order valence-electron chi connectivity index (χ4n) is 1.64. The second kappa shape index (κ2) is 6.90. The molecule has 5 nitrogen and oxygen atoms in total. The van der Waals surface area contributed by atoms with Crippen LogP contribution in [0, 0.1) is 0 Å². The molecule has 6 heteroatoms. The number of hydrazone groups is 1. The summed E-state index contributed by atoms with van der Waals surface area (Å²) in [5.74, 6) is -0.0523. The highest BCUT2D eigenvalue weighted by molar-refractivity contribution is 9.10. The number of hydrogen-bond donors (Lipinski definition) is 3. The van der Waals surface area contributed by atoms with Gasteiger partial charge >= 0.3 is 0 Å². The van der Waals surface area contributed by atoms with Gasteiger partial charge < -0.3 is 10.2 Å². The van der Waals surface area contributed by atoms with E-state index < -0.39 is 0 Å². The van der Waals surface area contributed by atoms with Crippen molar-refractivity contribution < 1.29 is 15.0 Å². The van der Waals surface area contributed by atoms with Crippen LogP contribution in [0.1, 0.15) is 11.1 Å². The Kier molecular flexibility index (Phi) is 4.94. The number of nitrogens with zero attached hydrogens (tertiary/aromatic N) is 1. The lowest BCUT2D eigenvalue weighted by Gasteiger charge is -2.02. The van der Waals surface area contributed by atoms with Crippen LogP contribution in [-0.2, 0) is 11.2 Å². The van der Waals surface area contributed by atoms with Crippen LogP contribution in [-0.4, -0.2) is 22.3 Å². The molecule has 0 radical (unpaired) electrons. The quantitative estimate of drug-likeness (QED) is 0.586. The van der Waals surface area contributed by atoms with E-state index in [1.165, 1.54) is 24.4 Å². The first-order chi connectivity index (χ1) is 10.0. The first-order valence-electron chi connectivity index (χ1n) is 6.13. The third-order valence-corrected chi connectivity index (χ3v) is 3.18. The molecule has 2 aromatic rings. The summed E-state index contributed by atoms with van der Waals surface area (Å²) in [4.78, 5) is 11.7. The number of rotatable bonds is 4. The monoisotopic (exact) mass is 348 g/mol. The maximum atomic E-state index is 11.7. The normalized spacial score (nSPS) is 10.7. The van der Waals surface area contributed by atoms with Crippen molar-refractivity contribution in [1.29, 1.82) is 0 Å². The van der Waals surface area contributed by atoms with E-state index in [-0.39, 0.29) is 23.8 Å². The minimum atomic E-state index is -0.286. The highest BCUT2D eigenvalue weighted by atomic mass is 79.9. The number of amides is 1.